The standard InChI is InChI=1S/C22H31N3O4/c1-15-19(22(27)29-12-11-28-5)16(2)24-20(15)21(26)23-13-18(14-25(3)4)17-9-7-6-8-10-17/h6-10,18,24H,11-14H2,1-5H3,(H,23,26)/t18-/m1/s1. The van der Waals surface area contributed by atoms with E-state index >= 15 is 0 Å². The maximum Gasteiger partial charge on any atom is 0.340 e. The van der Waals surface area contributed by atoms with Crippen LogP contribution in [0.1, 0.15) is 43.6 Å². The molecule has 1 aromatic heterocycles. The van der Waals surface area contributed by atoms with Crippen LogP contribution in [0.5, 0.6) is 0 Å². The summed E-state index contributed by atoms with van der Waals surface area (Å²) < 4.78 is 10.1. The van der Waals surface area contributed by atoms with Gasteiger partial charge in [0.05, 0.1) is 12.2 Å². The first-order valence-electron chi connectivity index (χ1n) is 9.68. The van der Waals surface area contributed by atoms with Gasteiger partial charge in [-0.05, 0) is 39.1 Å². The highest BCUT2D eigenvalue weighted by Gasteiger charge is 2.23. The topological polar surface area (TPSA) is 83.7 Å². The summed E-state index contributed by atoms with van der Waals surface area (Å²) in [6.45, 7) is 5.31. The molecule has 0 unspecified atom stereocenters. The third-order valence-electron chi connectivity index (χ3n) is 4.75. The molecule has 1 atom stereocenters. The maximum atomic E-state index is 12.8. The molecule has 7 nitrogen and oxygen atoms in total. The Kier molecular flexibility index (Phi) is 8.42. The molecule has 0 saturated carbocycles. The Morgan fingerprint density at radius 2 is 1.83 bits per heavy atom. The van der Waals surface area contributed by atoms with Gasteiger partial charge < -0.3 is 24.7 Å². The highest BCUT2D eigenvalue weighted by molar-refractivity contribution is 6.00. The van der Waals surface area contributed by atoms with Crippen molar-refractivity contribution in [3.63, 3.8) is 0 Å². The maximum absolute atomic E-state index is 12.8. The van der Waals surface area contributed by atoms with Gasteiger partial charge in [0.1, 0.15) is 12.3 Å². The van der Waals surface area contributed by atoms with E-state index in [-0.39, 0.29) is 18.4 Å². The summed E-state index contributed by atoms with van der Waals surface area (Å²) >= 11 is 0. The molecule has 0 spiro atoms. The van der Waals surface area contributed by atoms with E-state index in [0.717, 1.165) is 6.54 Å². The molecule has 0 aliphatic carbocycles. The molecule has 1 amide bonds. The van der Waals surface area contributed by atoms with Crippen LogP contribution >= 0.6 is 0 Å². The van der Waals surface area contributed by atoms with Crippen molar-refractivity contribution < 1.29 is 19.1 Å². The highest BCUT2D eigenvalue weighted by atomic mass is 16.6. The first kappa shape index (κ1) is 22.6. The molecule has 2 N–H and O–H groups in total. The predicted molar refractivity (Wildman–Crippen MR) is 112 cm³/mol. The van der Waals surface area contributed by atoms with E-state index in [2.05, 4.69) is 27.3 Å². The molecule has 29 heavy (non-hydrogen) atoms. The summed E-state index contributed by atoms with van der Waals surface area (Å²) in [5.74, 6) is -0.534. The second-order valence-electron chi connectivity index (χ2n) is 7.33. The molecule has 0 bridgehead atoms. The minimum absolute atomic E-state index is 0.157. The van der Waals surface area contributed by atoms with Crippen molar-refractivity contribution in [1.29, 1.82) is 0 Å². The molecule has 0 saturated heterocycles. The lowest BCUT2D eigenvalue weighted by molar-refractivity contribution is 0.0387. The van der Waals surface area contributed by atoms with Crippen LogP contribution in [-0.2, 0) is 9.47 Å². The number of benzene rings is 1. The monoisotopic (exact) mass is 401 g/mol. The first-order valence-corrected chi connectivity index (χ1v) is 9.68. The lowest BCUT2D eigenvalue weighted by atomic mass is 9.98. The summed E-state index contributed by atoms with van der Waals surface area (Å²) in [6.07, 6.45) is 0. The summed E-state index contributed by atoms with van der Waals surface area (Å²) in [7, 11) is 5.57. The number of hydrogen-bond donors (Lipinski definition) is 2. The van der Waals surface area contributed by atoms with Gasteiger partial charge in [-0.1, -0.05) is 30.3 Å². The third-order valence-corrected chi connectivity index (χ3v) is 4.75. The molecule has 0 aliphatic rings. The largest absolute Gasteiger partial charge is 0.460 e. The molecule has 7 heteroatoms. The Morgan fingerprint density at radius 3 is 2.45 bits per heavy atom. The smallest absolute Gasteiger partial charge is 0.340 e. The molecule has 2 rings (SSSR count). The van der Waals surface area contributed by atoms with E-state index in [0.29, 0.717) is 35.7 Å². The van der Waals surface area contributed by atoms with E-state index in [1.807, 2.05) is 32.3 Å². The molecule has 0 radical (unpaired) electrons. The number of rotatable bonds is 10. The number of H-pyrrole nitrogens is 1. The normalized spacial score (nSPS) is 12.1. The summed E-state index contributed by atoms with van der Waals surface area (Å²) in [5.41, 5.74) is 3.16. The summed E-state index contributed by atoms with van der Waals surface area (Å²) in [5, 5.41) is 3.01. The van der Waals surface area contributed by atoms with Crippen LogP contribution in [0.25, 0.3) is 0 Å². The van der Waals surface area contributed by atoms with E-state index in [9.17, 15) is 9.59 Å². The van der Waals surface area contributed by atoms with Gasteiger partial charge in [0.2, 0.25) is 0 Å². The summed E-state index contributed by atoms with van der Waals surface area (Å²) in [6, 6.07) is 10.1. The number of nitrogens with zero attached hydrogens (tertiary/aromatic N) is 1. The van der Waals surface area contributed by atoms with Gasteiger partial charge in [-0.15, -0.1) is 0 Å². The van der Waals surface area contributed by atoms with E-state index in [1.165, 1.54) is 5.56 Å². The third kappa shape index (κ3) is 6.17. The number of ether oxygens (including phenoxy) is 2. The van der Waals surface area contributed by atoms with Gasteiger partial charge in [0, 0.05) is 31.8 Å². The van der Waals surface area contributed by atoms with Crippen molar-refractivity contribution in [3.05, 3.63) is 58.4 Å². The van der Waals surface area contributed by atoms with E-state index in [4.69, 9.17) is 9.47 Å². The number of aromatic amines is 1. The Morgan fingerprint density at radius 1 is 1.14 bits per heavy atom. The fourth-order valence-corrected chi connectivity index (χ4v) is 3.33. The zero-order chi connectivity index (χ0) is 21.4. The lowest BCUT2D eigenvalue weighted by Gasteiger charge is -2.22. The van der Waals surface area contributed by atoms with Gasteiger partial charge in [-0.2, -0.15) is 0 Å². The van der Waals surface area contributed by atoms with Crippen molar-refractivity contribution in [2.24, 2.45) is 0 Å². The molecule has 1 heterocycles. The predicted octanol–water partition coefficient (Wildman–Crippen LogP) is 2.51. The SMILES string of the molecule is COCCOC(=O)c1c(C)[nH]c(C(=O)NC[C@H](CN(C)C)c2ccccc2)c1C. The van der Waals surface area contributed by atoms with Crippen LogP contribution < -0.4 is 5.32 Å². The Hall–Kier alpha value is -2.64. The number of carbonyl (C=O) groups excluding carboxylic acids is 2. The second kappa shape index (κ2) is 10.8. The zero-order valence-electron chi connectivity index (χ0n) is 17.9. The molecule has 1 aromatic carbocycles. The van der Waals surface area contributed by atoms with Gasteiger partial charge in [0.15, 0.2) is 0 Å². The zero-order valence-corrected chi connectivity index (χ0v) is 17.9. The van der Waals surface area contributed by atoms with Crippen molar-refractivity contribution in [2.75, 3.05) is 47.5 Å². The average Bonchev–Trinajstić information content (AvgIpc) is 2.99. The second-order valence-corrected chi connectivity index (χ2v) is 7.33. The Bertz CT molecular complexity index is 815. The number of nitrogens with one attached hydrogen (secondary N) is 2. The van der Waals surface area contributed by atoms with Gasteiger partial charge in [-0.25, -0.2) is 4.79 Å². The van der Waals surface area contributed by atoms with E-state index < -0.39 is 5.97 Å². The van der Waals surface area contributed by atoms with Gasteiger partial charge in [-0.3, -0.25) is 4.79 Å². The lowest BCUT2D eigenvalue weighted by Crippen LogP contribution is -2.33. The minimum atomic E-state index is -0.456. The number of esters is 1. The van der Waals surface area contributed by atoms with Crippen molar-refractivity contribution >= 4 is 11.9 Å². The van der Waals surface area contributed by atoms with Crippen LogP contribution in [0.4, 0.5) is 0 Å². The van der Waals surface area contributed by atoms with Crippen molar-refractivity contribution in [2.45, 2.75) is 19.8 Å². The number of amides is 1. The quantitative estimate of drug-likeness (QED) is 0.472. The first-order chi connectivity index (χ1) is 13.8. The minimum Gasteiger partial charge on any atom is -0.460 e. The van der Waals surface area contributed by atoms with Crippen LogP contribution in [0.15, 0.2) is 30.3 Å². The number of hydrogen-bond acceptors (Lipinski definition) is 5. The molecule has 0 aliphatic heterocycles. The van der Waals surface area contributed by atoms with Gasteiger partial charge >= 0.3 is 5.97 Å². The Balaban J connectivity index is 2.10. The summed E-state index contributed by atoms with van der Waals surface area (Å²) in [4.78, 5) is 30.3. The average molecular weight is 402 g/mol. The van der Waals surface area contributed by atoms with Gasteiger partial charge in [0.25, 0.3) is 5.91 Å². The molecular formula is C22H31N3O4. The molecule has 158 valence electrons. The molecule has 0 fully saturated rings. The Labute approximate surface area is 172 Å². The molecular weight excluding hydrogens is 370 g/mol. The van der Waals surface area contributed by atoms with Crippen molar-refractivity contribution in [3.8, 4) is 0 Å². The van der Waals surface area contributed by atoms with Crippen molar-refractivity contribution in [1.82, 2.24) is 15.2 Å². The number of carbonyl (C=O) groups is 2. The van der Waals surface area contributed by atoms with Crippen LogP contribution in [-0.4, -0.2) is 69.3 Å². The van der Waals surface area contributed by atoms with Crippen LogP contribution in [0.3, 0.4) is 0 Å². The van der Waals surface area contributed by atoms with Crippen LogP contribution in [0, 0.1) is 13.8 Å². The fourth-order valence-electron chi connectivity index (χ4n) is 3.33. The van der Waals surface area contributed by atoms with Crippen LogP contribution in [0.2, 0.25) is 0 Å². The van der Waals surface area contributed by atoms with E-state index in [1.54, 1.807) is 21.0 Å². The number of aromatic nitrogens is 1. The number of methoxy groups -OCH3 is 1. The highest BCUT2D eigenvalue weighted by Crippen LogP contribution is 2.20. The molecule has 2 aromatic rings. The number of likely N-dealkylation sites (N-methyl/N-ethyl adjacent to an activating group) is 1. The fraction of sp³-hybridized carbons (Fsp3) is 0.455. The number of aryl methyl sites for hydroxylation is 1.